The molecule has 0 bridgehead atoms. The summed E-state index contributed by atoms with van der Waals surface area (Å²) in [6.07, 6.45) is 3.58. The lowest BCUT2D eigenvalue weighted by Gasteiger charge is -1.98. The number of aryl methyl sites for hydroxylation is 1. The number of rotatable bonds is 1. The maximum Gasteiger partial charge on any atom is 0.0228 e. The molecule has 0 radical (unpaired) electrons. The van der Waals surface area contributed by atoms with Crippen LogP contribution in [0, 0.1) is 0 Å². The average molecular weight is 197 g/mol. The zero-order valence-electron chi connectivity index (χ0n) is 8.98. The molecule has 1 atom stereocenters. The van der Waals surface area contributed by atoms with Crippen LogP contribution < -0.4 is 0 Å². The highest BCUT2D eigenvalue weighted by atomic mass is 15.0. The first-order valence-corrected chi connectivity index (χ1v) is 5.60. The lowest BCUT2D eigenvalue weighted by molar-refractivity contribution is 0.704. The number of aromatic nitrogens is 1. The standard InChI is InChI=1S/C14H15N/c1-11-7-8-15-10-13(9-14(11)15)12-5-3-2-4-6-12/h2-6,9-11H,7-8H2,1H3. The van der Waals surface area contributed by atoms with Gasteiger partial charge in [-0.25, -0.2) is 0 Å². The zero-order valence-corrected chi connectivity index (χ0v) is 8.98. The molecule has 1 aliphatic rings. The van der Waals surface area contributed by atoms with Crippen LogP contribution in [0.3, 0.4) is 0 Å². The predicted octanol–water partition coefficient (Wildman–Crippen LogP) is 3.66. The Labute approximate surface area is 90.4 Å². The zero-order chi connectivity index (χ0) is 10.3. The van der Waals surface area contributed by atoms with E-state index < -0.39 is 0 Å². The van der Waals surface area contributed by atoms with E-state index in [1.165, 1.54) is 29.8 Å². The molecule has 0 saturated carbocycles. The van der Waals surface area contributed by atoms with E-state index >= 15 is 0 Å². The van der Waals surface area contributed by atoms with Crippen molar-refractivity contribution in [1.29, 1.82) is 0 Å². The molecule has 0 amide bonds. The molecule has 0 N–H and O–H groups in total. The minimum Gasteiger partial charge on any atom is -0.350 e. The smallest absolute Gasteiger partial charge is 0.0228 e. The summed E-state index contributed by atoms with van der Waals surface area (Å²) < 4.78 is 2.40. The van der Waals surface area contributed by atoms with Crippen molar-refractivity contribution in [2.75, 3.05) is 0 Å². The summed E-state index contributed by atoms with van der Waals surface area (Å²) in [5, 5.41) is 0. The fraction of sp³-hybridized carbons (Fsp3) is 0.286. The Hall–Kier alpha value is -1.50. The van der Waals surface area contributed by atoms with Gasteiger partial charge in [-0.15, -0.1) is 0 Å². The van der Waals surface area contributed by atoms with Gasteiger partial charge < -0.3 is 4.57 Å². The summed E-state index contributed by atoms with van der Waals surface area (Å²) in [6.45, 7) is 3.50. The second-order valence-electron chi connectivity index (χ2n) is 4.40. The molecule has 1 aromatic carbocycles. The molecule has 1 aliphatic heterocycles. The summed E-state index contributed by atoms with van der Waals surface area (Å²) in [7, 11) is 0. The normalized spacial score (nSPS) is 19.1. The molecule has 15 heavy (non-hydrogen) atoms. The molecular weight excluding hydrogens is 182 g/mol. The molecule has 0 spiro atoms. The number of hydrogen-bond acceptors (Lipinski definition) is 0. The van der Waals surface area contributed by atoms with Crippen molar-refractivity contribution in [3.63, 3.8) is 0 Å². The Bertz CT molecular complexity index is 467. The molecule has 0 fully saturated rings. The molecule has 2 aromatic rings. The average Bonchev–Trinajstić information content (AvgIpc) is 2.83. The van der Waals surface area contributed by atoms with Crippen LogP contribution in [0.15, 0.2) is 42.6 Å². The van der Waals surface area contributed by atoms with Crippen molar-refractivity contribution in [1.82, 2.24) is 4.57 Å². The van der Waals surface area contributed by atoms with Gasteiger partial charge in [0.05, 0.1) is 0 Å². The van der Waals surface area contributed by atoms with E-state index in [9.17, 15) is 0 Å². The summed E-state index contributed by atoms with van der Waals surface area (Å²) in [5.74, 6) is 0.725. The van der Waals surface area contributed by atoms with Crippen LogP contribution >= 0.6 is 0 Å². The van der Waals surface area contributed by atoms with Crippen LogP contribution in [0.2, 0.25) is 0 Å². The van der Waals surface area contributed by atoms with Gasteiger partial charge in [-0.3, -0.25) is 0 Å². The van der Waals surface area contributed by atoms with Gasteiger partial charge in [-0.1, -0.05) is 37.3 Å². The van der Waals surface area contributed by atoms with Crippen LogP contribution in [0.4, 0.5) is 0 Å². The Morgan fingerprint density at radius 3 is 2.67 bits per heavy atom. The highest BCUT2D eigenvalue weighted by Crippen LogP contribution is 2.32. The number of hydrogen-bond donors (Lipinski definition) is 0. The van der Waals surface area contributed by atoms with Crippen molar-refractivity contribution in [3.05, 3.63) is 48.3 Å². The summed E-state index contributed by atoms with van der Waals surface area (Å²) in [4.78, 5) is 0. The van der Waals surface area contributed by atoms with Crippen molar-refractivity contribution >= 4 is 0 Å². The third-order valence-electron chi connectivity index (χ3n) is 3.34. The van der Waals surface area contributed by atoms with Crippen LogP contribution in [0.5, 0.6) is 0 Å². The molecule has 1 aromatic heterocycles. The maximum atomic E-state index is 2.40. The maximum absolute atomic E-state index is 2.40. The fourth-order valence-electron chi connectivity index (χ4n) is 2.41. The van der Waals surface area contributed by atoms with E-state index in [0.717, 1.165) is 5.92 Å². The lowest BCUT2D eigenvalue weighted by Crippen LogP contribution is -1.87. The largest absolute Gasteiger partial charge is 0.350 e. The molecule has 1 unspecified atom stereocenters. The van der Waals surface area contributed by atoms with Crippen molar-refractivity contribution in [2.24, 2.45) is 0 Å². The Balaban J connectivity index is 2.05. The van der Waals surface area contributed by atoms with Crippen LogP contribution in [-0.4, -0.2) is 4.57 Å². The van der Waals surface area contributed by atoms with Gasteiger partial charge in [0.15, 0.2) is 0 Å². The quantitative estimate of drug-likeness (QED) is 0.657. The van der Waals surface area contributed by atoms with Crippen LogP contribution in [-0.2, 0) is 6.54 Å². The SMILES string of the molecule is CC1CCn2cc(-c3ccccc3)cc21. The van der Waals surface area contributed by atoms with E-state index in [2.05, 4.69) is 54.1 Å². The minimum atomic E-state index is 0.725. The molecule has 0 aliphatic carbocycles. The number of benzene rings is 1. The van der Waals surface area contributed by atoms with Gasteiger partial charge in [0.25, 0.3) is 0 Å². The van der Waals surface area contributed by atoms with Gasteiger partial charge in [-0.2, -0.15) is 0 Å². The molecular formula is C14H15N. The highest BCUT2D eigenvalue weighted by molar-refractivity contribution is 5.64. The van der Waals surface area contributed by atoms with E-state index in [-0.39, 0.29) is 0 Å². The fourth-order valence-corrected chi connectivity index (χ4v) is 2.41. The third-order valence-corrected chi connectivity index (χ3v) is 3.34. The predicted molar refractivity (Wildman–Crippen MR) is 62.9 cm³/mol. The van der Waals surface area contributed by atoms with Gasteiger partial charge in [0.2, 0.25) is 0 Å². The number of nitrogens with zero attached hydrogens (tertiary/aromatic N) is 1. The molecule has 1 nitrogen and oxygen atoms in total. The second kappa shape index (κ2) is 3.27. The van der Waals surface area contributed by atoms with E-state index in [1.54, 1.807) is 0 Å². The third kappa shape index (κ3) is 1.39. The second-order valence-corrected chi connectivity index (χ2v) is 4.40. The van der Waals surface area contributed by atoms with Gasteiger partial charge in [0.1, 0.15) is 0 Å². The van der Waals surface area contributed by atoms with Gasteiger partial charge in [0, 0.05) is 18.4 Å². The van der Waals surface area contributed by atoms with Crippen molar-refractivity contribution in [2.45, 2.75) is 25.8 Å². The first-order valence-electron chi connectivity index (χ1n) is 5.60. The van der Waals surface area contributed by atoms with Gasteiger partial charge >= 0.3 is 0 Å². The summed E-state index contributed by atoms with van der Waals surface area (Å²) in [5.41, 5.74) is 4.18. The van der Waals surface area contributed by atoms with Gasteiger partial charge in [-0.05, 0) is 29.5 Å². The van der Waals surface area contributed by atoms with E-state index in [0.29, 0.717) is 0 Å². The molecule has 1 heteroatoms. The topological polar surface area (TPSA) is 4.93 Å². The summed E-state index contributed by atoms with van der Waals surface area (Å²) >= 11 is 0. The molecule has 2 heterocycles. The lowest BCUT2D eigenvalue weighted by atomic mass is 10.0. The van der Waals surface area contributed by atoms with Crippen molar-refractivity contribution in [3.8, 4) is 11.1 Å². The molecule has 0 saturated heterocycles. The Morgan fingerprint density at radius 2 is 1.93 bits per heavy atom. The molecule has 76 valence electrons. The van der Waals surface area contributed by atoms with Crippen LogP contribution in [0.1, 0.15) is 25.0 Å². The van der Waals surface area contributed by atoms with E-state index in [1.807, 2.05) is 0 Å². The Morgan fingerprint density at radius 1 is 1.13 bits per heavy atom. The summed E-state index contributed by atoms with van der Waals surface area (Å²) in [6, 6.07) is 13.0. The van der Waals surface area contributed by atoms with E-state index in [4.69, 9.17) is 0 Å². The first kappa shape index (κ1) is 8.78. The molecule has 3 rings (SSSR count). The number of fused-ring (bicyclic) bond motifs is 1. The van der Waals surface area contributed by atoms with Crippen LogP contribution in [0.25, 0.3) is 11.1 Å². The first-order chi connectivity index (χ1) is 7.34. The highest BCUT2D eigenvalue weighted by Gasteiger charge is 2.19. The minimum absolute atomic E-state index is 0.725. The monoisotopic (exact) mass is 197 g/mol. The Kier molecular flexibility index (Phi) is 1.91. The van der Waals surface area contributed by atoms with Crippen molar-refractivity contribution < 1.29 is 0 Å².